The maximum absolute atomic E-state index is 13.7. The number of rotatable bonds is 41. The van der Waals surface area contributed by atoms with Crippen LogP contribution in [-0.4, -0.2) is 321 Å². The first-order chi connectivity index (χ1) is 46.3. The van der Waals surface area contributed by atoms with Crippen LogP contribution in [0.3, 0.4) is 0 Å². The lowest BCUT2D eigenvalue weighted by molar-refractivity contribution is -0.403. The summed E-state index contributed by atoms with van der Waals surface area (Å²) in [6.45, 7) is -0.213. The van der Waals surface area contributed by atoms with Gasteiger partial charge in [-0.3, -0.25) is 14.4 Å². The van der Waals surface area contributed by atoms with Crippen molar-refractivity contribution >= 4 is 23.7 Å². The summed E-state index contributed by atoms with van der Waals surface area (Å²) in [6, 6.07) is -4.84. The molecule has 28 atom stereocenters. The molecule has 0 aromatic carbocycles. The van der Waals surface area contributed by atoms with Crippen molar-refractivity contribution in [3.8, 4) is 0 Å². The summed E-state index contributed by atoms with van der Waals surface area (Å²) in [5.41, 5.74) is 0. The van der Waals surface area contributed by atoms with Gasteiger partial charge in [0, 0.05) is 26.7 Å². The summed E-state index contributed by atoms with van der Waals surface area (Å²) < 4.78 is 59.5. The molecule has 0 radical (unpaired) electrons. The number of unbranched alkanes of at least 4 members (excludes halogenated alkanes) is 14. The van der Waals surface area contributed by atoms with Gasteiger partial charge in [-0.1, -0.05) is 121 Å². The number of nitrogens with one attached hydrogen (secondary N) is 3. The lowest BCUT2D eigenvalue weighted by Gasteiger charge is -2.52. The summed E-state index contributed by atoms with van der Waals surface area (Å²) in [5.74, 6) is -7.75. The molecule has 97 heavy (non-hydrogen) atoms. The standard InChI is InChI=1S/C63H109N3O31/c1-5-7-9-10-11-12-13-14-15-16-17-18-19-20-22-24-42(77)66-34(35(74)23-21-8-6-2)31-88-59-51(84)49(82)53(40(29-70)91-59)93-61-52(85)57(97-63(62(86)87)25-36(75)43(64-32(3)72)56(96-63)45(78)37(76)26-67)54(41(30-71)92-61)94-58-44(65-33(4)73)55(47(80)39(28-69)89-58)95-60-50(83)48(81)46(79)38(27-68)90-60/h6,8,21,23,34-41,43-61,67-71,74-76,78-85H,5,7,9-20,22,24-31H2,1-4H3,(H,64,72)(H,65,73)(H,66,77)(H,86,87)/b8-6+,23-21+/t34-,35+,36-,37+,38+,39+,40+,41+,43?,44+,45+,46-,47-,48-,49+,50+,51+,52+,53+,54-,55+,56?,57+,58-,59+,60-,61-,63-/m0/s1. The van der Waals surface area contributed by atoms with Crippen LogP contribution >= 0.6 is 0 Å². The van der Waals surface area contributed by atoms with Crippen LogP contribution < -0.4 is 16.0 Å². The lowest BCUT2D eigenvalue weighted by atomic mass is 9.88. The highest BCUT2D eigenvalue weighted by Crippen LogP contribution is 2.41. The van der Waals surface area contributed by atoms with Gasteiger partial charge in [-0.25, -0.2) is 4.79 Å². The van der Waals surface area contributed by atoms with Gasteiger partial charge in [0.15, 0.2) is 25.2 Å². The Morgan fingerprint density at radius 3 is 1.58 bits per heavy atom. The highest BCUT2D eigenvalue weighted by atomic mass is 16.8. The van der Waals surface area contributed by atoms with E-state index in [1.54, 1.807) is 19.1 Å². The van der Waals surface area contributed by atoms with E-state index in [0.717, 1.165) is 46.0 Å². The van der Waals surface area contributed by atoms with Crippen LogP contribution in [0.15, 0.2) is 24.3 Å². The highest BCUT2D eigenvalue weighted by Gasteiger charge is 2.62. The minimum Gasteiger partial charge on any atom is -0.477 e. The number of carboxylic acid groups (broad SMARTS) is 1. The van der Waals surface area contributed by atoms with Crippen molar-refractivity contribution in [1.82, 2.24) is 16.0 Å². The average molecular weight is 1400 g/mol. The van der Waals surface area contributed by atoms with Crippen LogP contribution in [-0.2, 0) is 66.5 Å². The molecule has 0 bridgehead atoms. The van der Waals surface area contributed by atoms with Gasteiger partial charge in [0.25, 0.3) is 5.79 Å². The largest absolute Gasteiger partial charge is 0.477 e. The molecule has 2 unspecified atom stereocenters. The smallest absolute Gasteiger partial charge is 0.364 e. The van der Waals surface area contributed by atoms with Gasteiger partial charge in [-0.05, 0) is 13.3 Å². The van der Waals surface area contributed by atoms with Gasteiger partial charge in [0.2, 0.25) is 17.7 Å². The number of hydrogen-bond acceptors (Lipinski definition) is 30. The van der Waals surface area contributed by atoms with E-state index in [0.29, 0.717) is 6.42 Å². The number of carboxylic acids is 1. The zero-order chi connectivity index (χ0) is 71.7. The van der Waals surface area contributed by atoms with E-state index < -0.39 is 241 Å². The van der Waals surface area contributed by atoms with Crippen molar-refractivity contribution in [2.75, 3.05) is 39.6 Å². The van der Waals surface area contributed by atoms with Gasteiger partial charge >= 0.3 is 5.97 Å². The number of carbonyl (C=O) groups excluding carboxylic acids is 3. The van der Waals surface area contributed by atoms with Crippen LogP contribution in [0, 0.1) is 0 Å². The summed E-state index contributed by atoms with van der Waals surface area (Å²) in [4.78, 5) is 52.5. The highest BCUT2D eigenvalue weighted by molar-refractivity contribution is 5.77. The fraction of sp³-hybridized carbons (Fsp3) is 0.873. The third kappa shape index (κ3) is 23.7. The minimum absolute atomic E-state index is 0.117. The van der Waals surface area contributed by atoms with Crippen molar-refractivity contribution in [3.63, 3.8) is 0 Å². The lowest BCUT2D eigenvalue weighted by Crippen LogP contribution is -2.72. The van der Waals surface area contributed by atoms with E-state index in [1.165, 1.54) is 69.9 Å². The number of allylic oxidation sites excluding steroid dienone is 3. The summed E-state index contributed by atoms with van der Waals surface area (Å²) in [5, 5.41) is 195. The summed E-state index contributed by atoms with van der Waals surface area (Å²) >= 11 is 0. The molecular formula is C63H109N3O31. The van der Waals surface area contributed by atoms with E-state index in [2.05, 4.69) is 22.9 Å². The molecule has 0 saturated carbocycles. The zero-order valence-corrected chi connectivity index (χ0v) is 55.5. The van der Waals surface area contributed by atoms with E-state index in [9.17, 15) is 106 Å². The Balaban J connectivity index is 1.41. The van der Waals surface area contributed by atoms with Gasteiger partial charge in [0.05, 0.1) is 63.9 Å². The summed E-state index contributed by atoms with van der Waals surface area (Å²) in [7, 11) is 0. The number of carbonyl (C=O) groups is 4. The fourth-order valence-electron chi connectivity index (χ4n) is 12.4. The van der Waals surface area contributed by atoms with Crippen LogP contribution in [0.5, 0.6) is 0 Å². The van der Waals surface area contributed by atoms with Gasteiger partial charge in [-0.15, -0.1) is 0 Å². The third-order valence-corrected chi connectivity index (χ3v) is 17.9. The van der Waals surface area contributed by atoms with Crippen molar-refractivity contribution < 1.29 is 153 Å². The van der Waals surface area contributed by atoms with Gasteiger partial charge < -0.3 is 150 Å². The predicted molar refractivity (Wildman–Crippen MR) is 332 cm³/mol. The molecule has 0 spiro atoms. The molecule has 562 valence electrons. The van der Waals surface area contributed by atoms with E-state index in [4.69, 9.17) is 47.4 Å². The fourth-order valence-corrected chi connectivity index (χ4v) is 12.4. The predicted octanol–water partition coefficient (Wildman–Crippen LogP) is -5.17. The van der Waals surface area contributed by atoms with Crippen molar-refractivity contribution in [3.05, 3.63) is 24.3 Å². The molecule has 5 fully saturated rings. The van der Waals surface area contributed by atoms with E-state index >= 15 is 0 Å². The number of hydrogen-bond donors (Lipinski definition) is 20. The maximum atomic E-state index is 13.7. The number of amides is 3. The van der Waals surface area contributed by atoms with Gasteiger partial charge in [-0.2, -0.15) is 0 Å². The van der Waals surface area contributed by atoms with Crippen molar-refractivity contribution in [1.29, 1.82) is 0 Å². The van der Waals surface area contributed by atoms with Crippen LogP contribution in [0.2, 0.25) is 0 Å². The van der Waals surface area contributed by atoms with Crippen LogP contribution in [0.25, 0.3) is 0 Å². The third-order valence-electron chi connectivity index (χ3n) is 17.9. The molecule has 5 heterocycles. The second-order valence-electron chi connectivity index (χ2n) is 25.4. The molecule has 5 aliphatic heterocycles. The Bertz CT molecular complexity index is 2370. The first-order valence-electron chi connectivity index (χ1n) is 33.7. The Morgan fingerprint density at radius 1 is 0.546 bits per heavy atom. The SMILES string of the molecule is C/C=C/C=C/[C@@H](O)[C@H](CO[C@@H]1O[C@H](CO)[C@@H](O[C@@H]2O[C@H](CO)[C@H](O[C@@H]3O[C@H](CO)[C@H](O)[C@H](O[C@@H]4O[C@H](CO)[C@H](O)[C@H](O)[C@H]4O)[C@H]3NC(C)=O)[C@H](O[C@]3(C(=O)O)C[C@H](O)C(NC(C)=O)C([C@H](O)[C@H](O)CO)O3)[C@H]2O)[C@H](O)[C@H]1O)NC(=O)CCCCCCCCCCCCCCCCC. The topological polar surface area (TPSA) is 541 Å². The molecule has 0 aromatic rings. The Morgan fingerprint density at radius 2 is 1.03 bits per heavy atom. The molecule has 20 N–H and O–H groups in total. The quantitative estimate of drug-likeness (QED) is 0.0201. The second-order valence-corrected chi connectivity index (χ2v) is 25.4. The molecule has 5 rings (SSSR count). The number of ether oxygens (including phenoxy) is 10. The Hall–Kier alpha value is -3.68. The molecule has 3 amide bonds. The van der Waals surface area contributed by atoms with E-state index in [-0.39, 0.29) is 6.42 Å². The van der Waals surface area contributed by atoms with E-state index in [1.807, 2.05) is 0 Å². The van der Waals surface area contributed by atoms with Crippen LogP contribution in [0.4, 0.5) is 0 Å². The molecular weight excluding hydrogens is 1290 g/mol. The van der Waals surface area contributed by atoms with Crippen molar-refractivity contribution in [2.45, 2.75) is 308 Å². The first-order valence-corrected chi connectivity index (χ1v) is 33.7. The molecule has 34 nitrogen and oxygen atoms in total. The van der Waals surface area contributed by atoms with Crippen LogP contribution in [0.1, 0.15) is 137 Å². The number of aliphatic carboxylic acids is 1. The zero-order valence-electron chi connectivity index (χ0n) is 55.5. The normalized spacial score (nSPS) is 37.0. The average Bonchev–Trinajstić information content (AvgIpc) is 0.756. The molecule has 0 aliphatic carbocycles. The molecule has 5 saturated heterocycles. The second kappa shape index (κ2) is 42.0. The number of aliphatic hydroxyl groups excluding tert-OH is 16. The Kier molecular flexibility index (Phi) is 36.4. The maximum Gasteiger partial charge on any atom is 0.364 e. The summed E-state index contributed by atoms with van der Waals surface area (Å²) in [6.07, 6.45) is -27.4. The van der Waals surface area contributed by atoms with Gasteiger partial charge in [0.1, 0.15) is 116 Å². The Labute approximate surface area is 563 Å². The number of aliphatic hydroxyl groups is 16. The first kappa shape index (κ1) is 84.0. The molecule has 5 aliphatic rings. The molecule has 34 heteroatoms. The van der Waals surface area contributed by atoms with Crippen molar-refractivity contribution in [2.24, 2.45) is 0 Å². The monoisotopic (exact) mass is 1400 g/mol. The minimum atomic E-state index is -3.38. The molecule has 0 aromatic heterocycles.